The molecule has 112 valence electrons. The predicted molar refractivity (Wildman–Crippen MR) is 81.5 cm³/mol. The van der Waals surface area contributed by atoms with Crippen LogP contribution in [-0.2, 0) is 0 Å². The SMILES string of the molecule is CC(O)c1ccc(Sc2nnnn2C2CCCC2)cc1Cl. The van der Waals surface area contributed by atoms with Gasteiger partial charge in [0.2, 0.25) is 5.16 Å². The van der Waals surface area contributed by atoms with Crippen LogP contribution in [-0.4, -0.2) is 25.3 Å². The maximum Gasteiger partial charge on any atom is 0.214 e. The summed E-state index contributed by atoms with van der Waals surface area (Å²) >= 11 is 7.70. The Balaban J connectivity index is 1.81. The first kappa shape index (κ1) is 14.8. The highest BCUT2D eigenvalue weighted by molar-refractivity contribution is 7.99. The van der Waals surface area contributed by atoms with E-state index in [0.29, 0.717) is 11.1 Å². The standard InChI is InChI=1S/C14H17ClN4OS/c1-9(20)12-7-6-11(8-13(12)15)21-14-16-17-18-19(14)10-4-2-3-5-10/h6-10,20H,2-5H2,1H3. The van der Waals surface area contributed by atoms with Crippen molar-refractivity contribution in [3.63, 3.8) is 0 Å². The molecule has 3 rings (SSSR count). The molecule has 1 aliphatic carbocycles. The Hall–Kier alpha value is -1.11. The van der Waals surface area contributed by atoms with Crippen molar-refractivity contribution in [1.29, 1.82) is 0 Å². The van der Waals surface area contributed by atoms with Gasteiger partial charge in [-0.15, -0.1) is 5.10 Å². The lowest BCUT2D eigenvalue weighted by molar-refractivity contribution is 0.199. The molecule has 0 aliphatic heterocycles. The van der Waals surface area contributed by atoms with E-state index in [4.69, 9.17) is 11.6 Å². The first-order valence-electron chi connectivity index (χ1n) is 7.08. The van der Waals surface area contributed by atoms with Crippen molar-refractivity contribution in [2.75, 3.05) is 0 Å². The van der Waals surface area contributed by atoms with Crippen molar-refractivity contribution < 1.29 is 5.11 Å². The molecule has 7 heteroatoms. The maximum atomic E-state index is 9.61. The maximum absolute atomic E-state index is 9.61. The fraction of sp³-hybridized carbons (Fsp3) is 0.500. The number of hydrogen-bond acceptors (Lipinski definition) is 5. The molecule has 1 unspecified atom stereocenters. The van der Waals surface area contributed by atoms with Gasteiger partial charge in [0.25, 0.3) is 0 Å². The van der Waals surface area contributed by atoms with Gasteiger partial charge in [-0.3, -0.25) is 0 Å². The minimum atomic E-state index is -0.569. The first-order chi connectivity index (χ1) is 10.1. The van der Waals surface area contributed by atoms with Crippen LogP contribution in [0.5, 0.6) is 0 Å². The third-order valence-electron chi connectivity index (χ3n) is 3.76. The minimum Gasteiger partial charge on any atom is -0.389 e. The summed E-state index contributed by atoms with van der Waals surface area (Å²) < 4.78 is 1.92. The molecule has 1 aliphatic rings. The summed E-state index contributed by atoms with van der Waals surface area (Å²) in [7, 11) is 0. The summed E-state index contributed by atoms with van der Waals surface area (Å²) in [5.41, 5.74) is 0.733. The third-order valence-corrected chi connectivity index (χ3v) is 5.03. The second-order valence-electron chi connectivity index (χ2n) is 5.31. The molecular weight excluding hydrogens is 308 g/mol. The smallest absolute Gasteiger partial charge is 0.214 e. The van der Waals surface area contributed by atoms with E-state index >= 15 is 0 Å². The molecule has 1 aromatic carbocycles. The van der Waals surface area contributed by atoms with Crippen LogP contribution in [0.15, 0.2) is 28.3 Å². The summed E-state index contributed by atoms with van der Waals surface area (Å²) in [5, 5.41) is 23.0. The van der Waals surface area contributed by atoms with Gasteiger partial charge in [-0.1, -0.05) is 30.5 Å². The summed E-state index contributed by atoms with van der Waals surface area (Å²) in [4.78, 5) is 0.971. The van der Waals surface area contributed by atoms with Gasteiger partial charge in [-0.25, -0.2) is 4.68 Å². The van der Waals surface area contributed by atoms with Crippen LogP contribution in [0.25, 0.3) is 0 Å². The molecule has 1 atom stereocenters. The second-order valence-corrected chi connectivity index (χ2v) is 6.75. The van der Waals surface area contributed by atoms with Crippen molar-refractivity contribution in [3.05, 3.63) is 28.8 Å². The van der Waals surface area contributed by atoms with E-state index in [-0.39, 0.29) is 0 Å². The van der Waals surface area contributed by atoms with E-state index in [0.717, 1.165) is 28.5 Å². The first-order valence-corrected chi connectivity index (χ1v) is 8.28. The third kappa shape index (κ3) is 3.22. The molecule has 0 saturated heterocycles. The Morgan fingerprint density at radius 1 is 1.38 bits per heavy atom. The molecule has 1 N–H and O–H groups in total. The number of aliphatic hydroxyl groups excluding tert-OH is 1. The molecule has 2 aromatic rings. The van der Waals surface area contributed by atoms with E-state index in [1.807, 2.05) is 22.9 Å². The monoisotopic (exact) mass is 324 g/mol. The van der Waals surface area contributed by atoms with Crippen LogP contribution in [0.3, 0.4) is 0 Å². The average Bonchev–Trinajstić information content (AvgIpc) is 3.08. The Bertz CT molecular complexity index is 625. The van der Waals surface area contributed by atoms with E-state index in [1.54, 1.807) is 6.92 Å². The second kappa shape index (κ2) is 6.34. The van der Waals surface area contributed by atoms with Gasteiger partial charge in [-0.2, -0.15) is 0 Å². The number of hydrogen-bond donors (Lipinski definition) is 1. The van der Waals surface area contributed by atoms with Crippen molar-refractivity contribution in [1.82, 2.24) is 20.2 Å². The summed E-state index contributed by atoms with van der Waals surface area (Å²) in [5.74, 6) is 0. The van der Waals surface area contributed by atoms with E-state index in [2.05, 4.69) is 15.5 Å². The van der Waals surface area contributed by atoms with Gasteiger partial charge in [0.05, 0.1) is 12.1 Å². The fourth-order valence-corrected chi connectivity index (χ4v) is 3.93. The summed E-state index contributed by atoms with van der Waals surface area (Å²) in [6.45, 7) is 1.70. The van der Waals surface area contributed by atoms with Crippen LogP contribution in [0.2, 0.25) is 5.02 Å². The Kier molecular flexibility index (Phi) is 4.47. The van der Waals surface area contributed by atoms with Gasteiger partial charge < -0.3 is 5.11 Å². The topological polar surface area (TPSA) is 63.8 Å². The lowest BCUT2D eigenvalue weighted by Gasteiger charge is -2.12. The lowest BCUT2D eigenvalue weighted by Crippen LogP contribution is -2.08. The molecule has 1 fully saturated rings. The number of rotatable bonds is 4. The van der Waals surface area contributed by atoms with Crippen LogP contribution in [0.4, 0.5) is 0 Å². The fourth-order valence-electron chi connectivity index (χ4n) is 2.65. The Morgan fingerprint density at radius 3 is 2.81 bits per heavy atom. The normalized spacial score (nSPS) is 17.3. The average molecular weight is 325 g/mol. The molecule has 1 saturated carbocycles. The minimum absolute atomic E-state index is 0.412. The van der Waals surface area contributed by atoms with Gasteiger partial charge in [0, 0.05) is 9.92 Å². The number of nitrogens with zero attached hydrogens (tertiary/aromatic N) is 4. The van der Waals surface area contributed by atoms with Crippen molar-refractivity contribution in [2.24, 2.45) is 0 Å². The highest BCUT2D eigenvalue weighted by Crippen LogP contribution is 2.35. The predicted octanol–water partition coefficient (Wildman–Crippen LogP) is 3.65. The number of tetrazole rings is 1. The number of benzene rings is 1. The quantitative estimate of drug-likeness (QED) is 0.930. The highest BCUT2D eigenvalue weighted by atomic mass is 35.5. The molecule has 0 radical (unpaired) electrons. The van der Waals surface area contributed by atoms with Gasteiger partial charge >= 0.3 is 0 Å². The number of aliphatic hydroxyl groups is 1. The summed E-state index contributed by atoms with van der Waals surface area (Å²) in [6.07, 6.45) is 4.19. The van der Waals surface area contributed by atoms with E-state index in [1.165, 1.54) is 24.6 Å². The van der Waals surface area contributed by atoms with Gasteiger partial charge in [0.15, 0.2) is 0 Å². The van der Waals surface area contributed by atoms with Crippen molar-refractivity contribution in [3.8, 4) is 0 Å². The lowest BCUT2D eigenvalue weighted by atomic mass is 10.1. The number of halogens is 1. The molecular formula is C14H17ClN4OS. The van der Waals surface area contributed by atoms with Crippen molar-refractivity contribution in [2.45, 2.75) is 54.8 Å². The largest absolute Gasteiger partial charge is 0.389 e. The van der Waals surface area contributed by atoms with Crippen LogP contribution >= 0.6 is 23.4 Å². The zero-order valence-electron chi connectivity index (χ0n) is 11.7. The molecule has 0 spiro atoms. The van der Waals surface area contributed by atoms with Gasteiger partial charge in [0.1, 0.15) is 0 Å². The van der Waals surface area contributed by atoms with Gasteiger partial charge in [-0.05, 0) is 59.7 Å². The molecule has 0 amide bonds. The summed E-state index contributed by atoms with van der Waals surface area (Å²) in [6, 6.07) is 6.04. The van der Waals surface area contributed by atoms with E-state index < -0.39 is 6.10 Å². The van der Waals surface area contributed by atoms with Crippen LogP contribution in [0.1, 0.15) is 50.3 Å². The van der Waals surface area contributed by atoms with Crippen molar-refractivity contribution >= 4 is 23.4 Å². The molecule has 0 bridgehead atoms. The number of aromatic nitrogens is 4. The molecule has 21 heavy (non-hydrogen) atoms. The van der Waals surface area contributed by atoms with Crippen LogP contribution < -0.4 is 0 Å². The molecule has 5 nitrogen and oxygen atoms in total. The highest BCUT2D eigenvalue weighted by Gasteiger charge is 2.22. The molecule has 1 heterocycles. The Morgan fingerprint density at radius 2 is 2.14 bits per heavy atom. The van der Waals surface area contributed by atoms with E-state index in [9.17, 15) is 5.11 Å². The zero-order chi connectivity index (χ0) is 14.8. The zero-order valence-corrected chi connectivity index (χ0v) is 13.3. The Labute approximate surface area is 132 Å². The molecule has 1 aromatic heterocycles. The van der Waals surface area contributed by atoms with Crippen LogP contribution in [0, 0.1) is 0 Å².